The Morgan fingerprint density at radius 2 is 1.64 bits per heavy atom. The molecule has 0 atom stereocenters. The second-order valence-electron chi connectivity index (χ2n) is 5.92. The van der Waals surface area contributed by atoms with E-state index in [2.05, 4.69) is 5.32 Å². The summed E-state index contributed by atoms with van der Waals surface area (Å²) in [6, 6.07) is 16.1. The minimum Gasteiger partial charge on any atom is -0.322 e. The van der Waals surface area contributed by atoms with Gasteiger partial charge in [-0.05, 0) is 48.5 Å². The van der Waals surface area contributed by atoms with Crippen LogP contribution in [0.25, 0.3) is 0 Å². The number of anilines is 2. The summed E-state index contributed by atoms with van der Waals surface area (Å²) in [5.41, 5.74) is 0.186. The summed E-state index contributed by atoms with van der Waals surface area (Å²) in [4.78, 5) is 12.2. The van der Waals surface area contributed by atoms with E-state index in [-0.39, 0.29) is 21.8 Å². The van der Waals surface area contributed by atoms with Crippen LogP contribution in [-0.2, 0) is 10.0 Å². The second-order valence-corrected chi connectivity index (χ2v) is 7.89. The molecular formula is C20H16F2N2O3S. The van der Waals surface area contributed by atoms with Gasteiger partial charge in [0.15, 0.2) is 0 Å². The van der Waals surface area contributed by atoms with Gasteiger partial charge in [-0.2, -0.15) is 0 Å². The van der Waals surface area contributed by atoms with Crippen molar-refractivity contribution in [3.8, 4) is 0 Å². The number of carbonyl (C=O) groups is 1. The van der Waals surface area contributed by atoms with Crippen molar-refractivity contribution in [1.29, 1.82) is 0 Å². The van der Waals surface area contributed by atoms with Crippen molar-refractivity contribution < 1.29 is 22.0 Å². The van der Waals surface area contributed by atoms with Crippen LogP contribution in [0, 0.1) is 11.6 Å². The molecule has 0 fully saturated rings. The summed E-state index contributed by atoms with van der Waals surface area (Å²) in [6.45, 7) is 0. The van der Waals surface area contributed by atoms with Crippen LogP contribution in [0.4, 0.5) is 20.2 Å². The molecule has 0 spiro atoms. The zero-order valence-corrected chi connectivity index (χ0v) is 15.6. The van der Waals surface area contributed by atoms with Crippen LogP contribution in [0.3, 0.4) is 0 Å². The van der Waals surface area contributed by atoms with E-state index in [0.29, 0.717) is 0 Å². The lowest BCUT2D eigenvalue weighted by Gasteiger charge is -2.20. The number of para-hydroxylation sites is 1. The monoisotopic (exact) mass is 402 g/mol. The molecule has 0 saturated heterocycles. The van der Waals surface area contributed by atoms with Gasteiger partial charge < -0.3 is 5.32 Å². The Labute approximate surface area is 161 Å². The van der Waals surface area contributed by atoms with E-state index < -0.39 is 27.6 Å². The number of rotatable bonds is 5. The molecule has 0 radical (unpaired) electrons. The quantitative estimate of drug-likeness (QED) is 0.700. The molecule has 3 rings (SSSR count). The molecule has 1 N–H and O–H groups in total. The third-order valence-corrected chi connectivity index (χ3v) is 5.80. The van der Waals surface area contributed by atoms with E-state index in [1.165, 1.54) is 67.7 Å². The van der Waals surface area contributed by atoms with Crippen molar-refractivity contribution >= 4 is 27.3 Å². The topological polar surface area (TPSA) is 66.5 Å². The van der Waals surface area contributed by atoms with Crippen LogP contribution >= 0.6 is 0 Å². The minimum absolute atomic E-state index is 0.0623. The number of halogens is 2. The Hall–Kier alpha value is -3.26. The van der Waals surface area contributed by atoms with E-state index in [1.807, 2.05) is 0 Å². The molecule has 8 heteroatoms. The molecule has 28 heavy (non-hydrogen) atoms. The number of nitrogens with zero attached hydrogens (tertiary/aromatic N) is 1. The SMILES string of the molecule is CN(c1ccccc1F)S(=O)(=O)c1cccc(C(=O)Nc2cccc(F)c2)c1. The van der Waals surface area contributed by atoms with Gasteiger partial charge in [-0.15, -0.1) is 0 Å². The van der Waals surface area contributed by atoms with Crippen LogP contribution < -0.4 is 9.62 Å². The molecular weight excluding hydrogens is 386 g/mol. The summed E-state index contributed by atoms with van der Waals surface area (Å²) >= 11 is 0. The number of amides is 1. The smallest absolute Gasteiger partial charge is 0.264 e. The van der Waals surface area contributed by atoms with Gasteiger partial charge in [0.2, 0.25) is 0 Å². The van der Waals surface area contributed by atoms with Crippen LogP contribution in [0.1, 0.15) is 10.4 Å². The lowest BCUT2D eigenvalue weighted by molar-refractivity contribution is 0.102. The average molecular weight is 402 g/mol. The molecule has 0 bridgehead atoms. The molecule has 0 aromatic heterocycles. The molecule has 0 saturated carbocycles. The first-order valence-electron chi connectivity index (χ1n) is 8.19. The summed E-state index contributed by atoms with van der Waals surface area (Å²) in [7, 11) is -2.87. The average Bonchev–Trinajstić information content (AvgIpc) is 2.68. The highest BCUT2D eigenvalue weighted by Gasteiger charge is 2.24. The summed E-state index contributed by atoms with van der Waals surface area (Å²) in [6.07, 6.45) is 0. The minimum atomic E-state index is -4.10. The summed E-state index contributed by atoms with van der Waals surface area (Å²) in [5.74, 6) is -1.80. The van der Waals surface area contributed by atoms with Gasteiger partial charge in [0, 0.05) is 18.3 Å². The predicted molar refractivity (Wildman–Crippen MR) is 103 cm³/mol. The third kappa shape index (κ3) is 4.01. The lowest BCUT2D eigenvalue weighted by atomic mass is 10.2. The van der Waals surface area contributed by atoms with Crippen molar-refractivity contribution in [3.63, 3.8) is 0 Å². The zero-order valence-electron chi connectivity index (χ0n) is 14.8. The first-order valence-corrected chi connectivity index (χ1v) is 9.63. The van der Waals surface area contributed by atoms with Gasteiger partial charge in [0.05, 0.1) is 10.6 Å². The fourth-order valence-electron chi connectivity index (χ4n) is 2.56. The molecule has 144 valence electrons. The Balaban J connectivity index is 1.90. The molecule has 5 nitrogen and oxygen atoms in total. The van der Waals surface area contributed by atoms with Gasteiger partial charge in [-0.3, -0.25) is 9.10 Å². The molecule has 3 aromatic carbocycles. The number of hydrogen-bond acceptors (Lipinski definition) is 3. The number of hydrogen-bond donors (Lipinski definition) is 1. The van der Waals surface area contributed by atoms with Crippen molar-refractivity contribution in [2.45, 2.75) is 4.90 Å². The van der Waals surface area contributed by atoms with Crippen LogP contribution in [-0.4, -0.2) is 21.4 Å². The van der Waals surface area contributed by atoms with E-state index in [4.69, 9.17) is 0 Å². The summed E-state index contributed by atoms with van der Waals surface area (Å²) in [5, 5.41) is 2.50. The molecule has 0 aliphatic rings. The largest absolute Gasteiger partial charge is 0.322 e. The maximum Gasteiger partial charge on any atom is 0.264 e. The van der Waals surface area contributed by atoms with Crippen molar-refractivity contribution in [3.05, 3.63) is 90.0 Å². The molecule has 0 aliphatic heterocycles. The van der Waals surface area contributed by atoms with Gasteiger partial charge in [0.1, 0.15) is 11.6 Å². The van der Waals surface area contributed by atoms with Crippen LogP contribution in [0.15, 0.2) is 77.7 Å². The Bertz CT molecular complexity index is 1130. The zero-order chi connectivity index (χ0) is 20.3. The molecule has 0 aliphatic carbocycles. The number of carbonyl (C=O) groups excluding carboxylic acids is 1. The van der Waals surface area contributed by atoms with E-state index in [0.717, 1.165) is 16.4 Å². The van der Waals surface area contributed by atoms with Gasteiger partial charge >= 0.3 is 0 Å². The second kappa shape index (κ2) is 7.77. The maximum atomic E-state index is 14.0. The van der Waals surface area contributed by atoms with E-state index >= 15 is 0 Å². The van der Waals surface area contributed by atoms with Gasteiger partial charge in [0.25, 0.3) is 15.9 Å². The normalized spacial score (nSPS) is 11.1. The third-order valence-electron chi connectivity index (χ3n) is 4.03. The molecule has 0 unspecified atom stereocenters. The molecule has 0 heterocycles. The van der Waals surface area contributed by atoms with Crippen molar-refractivity contribution in [2.24, 2.45) is 0 Å². The highest BCUT2D eigenvalue weighted by Crippen LogP contribution is 2.25. The molecule has 3 aromatic rings. The Morgan fingerprint density at radius 3 is 2.36 bits per heavy atom. The van der Waals surface area contributed by atoms with E-state index in [1.54, 1.807) is 0 Å². The summed E-state index contributed by atoms with van der Waals surface area (Å²) < 4.78 is 53.7. The lowest BCUT2D eigenvalue weighted by Crippen LogP contribution is -2.27. The van der Waals surface area contributed by atoms with Crippen LogP contribution in [0.5, 0.6) is 0 Å². The fourth-order valence-corrected chi connectivity index (χ4v) is 3.81. The Kier molecular flexibility index (Phi) is 5.41. The van der Waals surface area contributed by atoms with Crippen molar-refractivity contribution in [2.75, 3.05) is 16.7 Å². The van der Waals surface area contributed by atoms with E-state index in [9.17, 15) is 22.0 Å². The highest BCUT2D eigenvalue weighted by atomic mass is 32.2. The number of benzene rings is 3. The predicted octanol–water partition coefficient (Wildman–Crippen LogP) is 4.04. The standard InChI is InChI=1S/C20H16F2N2O3S/c1-24(19-11-3-2-10-18(19)22)28(26,27)17-9-4-6-14(12-17)20(25)23-16-8-5-7-15(21)13-16/h2-13H,1H3,(H,23,25). The van der Waals surface area contributed by atoms with Crippen molar-refractivity contribution in [1.82, 2.24) is 0 Å². The first kappa shape index (κ1) is 19.5. The number of nitrogens with one attached hydrogen (secondary N) is 1. The van der Waals surface area contributed by atoms with Gasteiger partial charge in [-0.25, -0.2) is 17.2 Å². The molecule has 1 amide bonds. The fraction of sp³-hybridized carbons (Fsp3) is 0.0500. The number of sulfonamides is 1. The maximum absolute atomic E-state index is 14.0. The van der Waals surface area contributed by atoms with Gasteiger partial charge in [-0.1, -0.05) is 24.3 Å². The first-order chi connectivity index (χ1) is 13.3. The Morgan fingerprint density at radius 1 is 0.929 bits per heavy atom. The van der Waals surface area contributed by atoms with Crippen LogP contribution in [0.2, 0.25) is 0 Å². The highest BCUT2D eigenvalue weighted by molar-refractivity contribution is 7.92.